The normalized spacial score (nSPS) is 13.1. The van der Waals surface area contributed by atoms with Crippen LogP contribution in [-0.2, 0) is 23.9 Å². The minimum atomic E-state index is -1.83. The molecule has 1 aromatic rings. The first-order valence-electron chi connectivity index (χ1n) is 8.62. The summed E-state index contributed by atoms with van der Waals surface area (Å²) >= 11 is 0. The van der Waals surface area contributed by atoms with Gasteiger partial charge in [0.15, 0.2) is 11.6 Å². The van der Waals surface area contributed by atoms with Gasteiger partial charge in [0.25, 0.3) is 11.8 Å². The van der Waals surface area contributed by atoms with Crippen molar-refractivity contribution in [1.82, 2.24) is 10.2 Å². The number of rotatable bonds is 10. The summed E-state index contributed by atoms with van der Waals surface area (Å²) < 4.78 is 62.2. The van der Waals surface area contributed by atoms with Crippen molar-refractivity contribution in [2.75, 3.05) is 26.3 Å². The molecule has 0 spiro atoms. The zero-order chi connectivity index (χ0) is 22.3. The Hall–Kier alpha value is -3.28. The van der Waals surface area contributed by atoms with E-state index in [0.717, 1.165) is 17.1 Å². The lowest BCUT2D eigenvalue weighted by molar-refractivity contribution is -0.138. The van der Waals surface area contributed by atoms with Crippen LogP contribution in [0.25, 0.3) is 0 Å². The molecule has 1 aliphatic heterocycles. The molecule has 0 atom stereocenters. The van der Waals surface area contributed by atoms with Crippen molar-refractivity contribution in [3.8, 4) is 5.75 Å². The summed E-state index contributed by atoms with van der Waals surface area (Å²) in [6, 6.07) is -0.0167. The van der Waals surface area contributed by atoms with Crippen LogP contribution in [0.2, 0.25) is 0 Å². The van der Waals surface area contributed by atoms with E-state index in [1.54, 1.807) is 0 Å². The third-order valence-electron chi connectivity index (χ3n) is 3.77. The standard InChI is InChI=1S/C18H16F4N2O6/c19-10-9-11(20)17(22)18(16(10)21)30-15(28)4-7-29-8-5-23-12(25)3-6-24-13(26)1-2-14(24)27/h1-2,9H,3-8H2,(H,23,25). The Balaban J connectivity index is 1.61. The Morgan fingerprint density at radius 3 is 2.13 bits per heavy atom. The molecular weight excluding hydrogens is 416 g/mol. The van der Waals surface area contributed by atoms with Crippen molar-refractivity contribution in [3.63, 3.8) is 0 Å². The number of amides is 3. The lowest BCUT2D eigenvalue weighted by atomic mass is 10.3. The molecule has 30 heavy (non-hydrogen) atoms. The molecule has 1 heterocycles. The molecular formula is C18H16F4N2O6. The zero-order valence-corrected chi connectivity index (χ0v) is 15.4. The molecule has 1 aliphatic rings. The highest BCUT2D eigenvalue weighted by Crippen LogP contribution is 2.26. The minimum absolute atomic E-state index is 0.0167. The molecule has 0 radical (unpaired) electrons. The number of imide groups is 1. The number of hydrogen-bond donors (Lipinski definition) is 1. The number of benzene rings is 1. The largest absolute Gasteiger partial charge is 0.420 e. The van der Waals surface area contributed by atoms with Crippen LogP contribution in [0.15, 0.2) is 18.2 Å². The summed E-state index contributed by atoms with van der Waals surface area (Å²) in [6.07, 6.45) is 1.63. The van der Waals surface area contributed by atoms with E-state index in [2.05, 4.69) is 10.1 Å². The van der Waals surface area contributed by atoms with Gasteiger partial charge in [0.2, 0.25) is 23.3 Å². The molecule has 3 amide bonds. The second kappa shape index (κ2) is 10.5. The first-order chi connectivity index (χ1) is 14.2. The molecule has 0 bridgehead atoms. The number of nitrogens with one attached hydrogen (secondary N) is 1. The smallest absolute Gasteiger partial charge is 0.313 e. The molecule has 0 saturated heterocycles. The van der Waals surface area contributed by atoms with E-state index >= 15 is 0 Å². The van der Waals surface area contributed by atoms with Gasteiger partial charge in [-0.25, -0.2) is 8.78 Å². The summed E-state index contributed by atoms with van der Waals surface area (Å²) in [4.78, 5) is 46.7. The van der Waals surface area contributed by atoms with E-state index in [1.807, 2.05) is 0 Å². The second-order valence-electron chi connectivity index (χ2n) is 5.90. The average molecular weight is 432 g/mol. The molecule has 0 aliphatic carbocycles. The SMILES string of the molecule is O=C(CCN1C(=O)C=CC1=O)NCCOCCC(=O)Oc1c(F)c(F)cc(F)c1F. The number of carbonyl (C=O) groups excluding carboxylic acids is 4. The molecule has 162 valence electrons. The second-order valence-corrected chi connectivity index (χ2v) is 5.90. The van der Waals surface area contributed by atoms with Gasteiger partial charge < -0.3 is 14.8 Å². The first-order valence-corrected chi connectivity index (χ1v) is 8.62. The van der Waals surface area contributed by atoms with Crippen LogP contribution in [-0.4, -0.2) is 54.9 Å². The Bertz CT molecular complexity index is 846. The Morgan fingerprint density at radius 1 is 0.933 bits per heavy atom. The maximum Gasteiger partial charge on any atom is 0.313 e. The monoisotopic (exact) mass is 432 g/mol. The van der Waals surface area contributed by atoms with Crippen LogP contribution in [0.1, 0.15) is 12.8 Å². The quantitative estimate of drug-likeness (QED) is 0.148. The molecule has 8 nitrogen and oxygen atoms in total. The topological polar surface area (TPSA) is 102 Å². The van der Waals surface area contributed by atoms with Crippen LogP contribution < -0.4 is 10.1 Å². The summed E-state index contributed by atoms with van der Waals surface area (Å²) in [5.41, 5.74) is 0. The summed E-state index contributed by atoms with van der Waals surface area (Å²) in [7, 11) is 0. The minimum Gasteiger partial charge on any atom is -0.420 e. The van der Waals surface area contributed by atoms with Crippen molar-refractivity contribution in [1.29, 1.82) is 0 Å². The van der Waals surface area contributed by atoms with Crippen molar-refractivity contribution < 1.29 is 46.2 Å². The van der Waals surface area contributed by atoms with Crippen LogP contribution in [0.4, 0.5) is 17.6 Å². The molecule has 12 heteroatoms. The number of nitrogens with zero attached hydrogens (tertiary/aromatic N) is 1. The highest BCUT2D eigenvalue weighted by Gasteiger charge is 2.24. The zero-order valence-electron chi connectivity index (χ0n) is 15.4. The van der Waals surface area contributed by atoms with E-state index in [4.69, 9.17) is 4.74 Å². The fourth-order valence-electron chi connectivity index (χ4n) is 2.28. The molecule has 1 aromatic carbocycles. The molecule has 2 rings (SSSR count). The number of hydrogen-bond acceptors (Lipinski definition) is 6. The lowest BCUT2D eigenvalue weighted by Gasteiger charge is -2.13. The van der Waals surface area contributed by atoms with Gasteiger partial charge in [-0.3, -0.25) is 24.1 Å². The number of halogens is 4. The average Bonchev–Trinajstić information content (AvgIpc) is 3.02. The maximum absolute atomic E-state index is 13.4. The highest BCUT2D eigenvalue weighted by molar-refractivity contribution is 6.13. The van der Waals surface area contributed by atoms with Crippen molar-refractivity contribution in [2.45, 2.75) is 12.8 Å². The van der Waals surface area contributed by atoms with Crippen LogP contribution in [0.5, 0.6) is 5.75 Å². The third kappa shape index (κ3) is 6.11. The number of esters is 1. The van der Waals surface area contributed by atoms with Gasteiger partial charge >= 0.3 is 5.97 Å². The van der Waals surface area contributed by atoms with Gasteiger partial charge in [-0.2, -0.15) is 8.78 Å². The van der Waals surface area contributed by atoms with E-state index in [1.165, 1.54) is 0 Å². The van der Waals surface area contributed by atoms with Crippen LogP contribution >= 0.6 is 0 Å². The van der Waals surface area contributed by atoms with Crippen LogP contribution in [0.3, 0.4) is 0 Å². The highest BCUT2D eigenvalue weighted by atomic mass is 19.2. The van der Waals surface area contributed by atoms with Gasteiger partial charge in [-0.15, -0.1) is 0 Å². The fourth-order valence-corrected chi connectivity index (χ4v) is 2.28. The molecule has 0 aromatic heterocycles. The van der Waals surface area contributed by atoms with Crippen molar-refractivity contribution >= 4 is 23.7 Å². The Kier molecular flexibility index (Phi) is 8.04. The van der Waals surface area contributed by atoms with E-state index in [0.29, 0.717) is 0 Å². The van der Waals surface area contributed by atoms with E-state index in [-0.39, 0.29) is 38.8 Å². The Morgan fingerprint density at radius 2 is 1.53 bits per heavy atom. The maximum atomic E-state index is 13.4. The van der Waals surface area contributed by atoms with Crippen LogP contribution in [0, 0.1) is 23.3 Å². The molecule has 0 unspecified atom stereocenters. The number of ether oxygens (including phenoxy) is 2. The third-order valence-corrected chi connectivity index (χ3v) is 3.77. The Labute approximate surface area is 167 Å². The van der Waals surface area contributed by atoms with E-state index in [9.17, 15) is 36.7 Å². The van der Waals surface area contributed by atoms with Crippen molar-refractivity contribution in [3.05, 3.63) is 41.5 Å². The predicted octanol–water partition coefficient (Wildman–Crippen LogP) is 0.986. The molecule has 1 N–H and O–H groups in total. The molecule has 0 saturated carbocycles. The summed E-state index contributed by atoms with van der Waals surface area (Å²) in [6.45, 7) is -0.305. The van der Waals surface area contributed by atoms with Gasteiger partial charge in [0.05, 0.1) is 19.6 Å². The van der Waals surface area contributed by atoms with Gasteiger partial charge in [0, 0.05) is 37.7 Å². The van der Waals surface area contributed by atoms with Crippen molar-refractivity contribution in [2.24, 2.45) is 0 Å². The summed E-state index contributed by atoms with van der Waals surface area (Å²) in [5, 5.41) is 2.46. The van der Waals surface area contributed by atoms with Gasteiger partial charge in [0.1, 0.15) is 0 Å². The lowest BCUT2D eigenvalue weighted by Crippen LogP contribution is -2.35. The van der Waals surface area contributed by atoms with Gasteiger partial charge in [-0.05, 0) is 0 Å². The fraction of sp³-hybridized carbons (Fsp3) is 0.333. The first kappa shape index (κ1) is 23.0. The predicted molar refractivity (Wildman–Crippen MR) is 90.8 cm³/mol. The molecule has 0 fully saturated rings. The van der Waals surface area contributed by atoms with E-state index < -0.39 is 59.1 Å². The summed E-state index contributed by atoms with van der Waals surface area (Å²) in [5.74, 6) is -11.2. The number of carbonyl (C=O) groups is 4. The van der Waals surface area contributed by atoms with Gasteiger partial charge in [-0.1, -0.05) is 0 Å².